The maximum atomic E-state index is 12.6. The van der Waals surface area contributed by atoms with E-state index in [9.17, 15) is 18.0 Å². The molecule has 0 spiro atoms. The van der Waals surface area contributed by atoms with Crippen LogP contribution in [-0.2, 0) is 17.4 Å². The molecule has 8 heteroatoms. The van der Waals surface area contributed by atoms with Crippen molar-refractivity contribution < 1.29 is 18.0 Å². The zero-order chi connectivity index (χ0) is 14.9. The number of hydrogen-bond acceptors (Lipinski definition) is 3. The first-order valence-corrected chi connectivity index (χ1v) is 5.58. The van der Waals surface area contributed by atoms with Crippen LogP contribution in [0.5, 0.6) is 0 Å². The van der Waals surface area contributed by atoms with Gasteiger partial charge in [-0.25, -0.2) is 4.68 Å². The fraction of sp³-hybridized carbons (Fsp3) is 0.167. The molecule has 2 rings (SSSR count). The lowest BCUT2D eigenvalue weighted by molar-refractivity contribution is -0.141. The minimum atomic E-state index is -4.57. The monoisotopic (exact) mass is 284 g/mol. The molecule has 0 atom stereocenters. The normalized spacial score (nSPS) is 11.6. The molecule has 1 aromatic carbocycles. The Kier molecular flexibility index (Phi) is 3.39. The number of benzene rings is 1. The standard InChI is InChI=1S/C12H11F3N4O/c13-12(14,15)9-6-10(16)19(18-9)8-3-1-2-7(4-8)5-11(17)20/h1-4,6H,5,16H2,(H2,17,20). The molecule has 4 N–H and O–H groups in total. The molecule has 0 unspecified atom stereocenters. The van der Waals surface area contributed by atoms with Crippen LogP contribution in [0, 0.1) is 0 Å². The third-order valence-electron chi connectivity index (χ3n) is 2.56. The predicted octanol–water partition coefficient (Wildman–Crippen LogP) is 1.50. The Labute approximate surface area is 112 Å². The Balaban J connectivity index is 2.41. The first-order chi connectivity index (χ1) is 9.27. The molecule has 0 aliphatic carbocycles. The number of carbonyl (C=O) groups excluding carboxylic acids is 1. The maximum Gasteiger partial charge on any atom is 0.435 e. The Hall–Kier alpha value is -2.51. The largest absolute Gasteiger partial charge is 0.435 e. The Morgan fingerprint density at radius 2 is 2.00 bits per heavy atom. The lowest BCUT2D eigenvalue weighted by Gasteiger charge is -2.06. The van der Waals surface area contributed by atoms with Gasteiger partial charge in [-0.2, -0.15) is 18.3 Å². The highest BCUT2D eigenvalue weighted by molar-refractivity contribution is 5.76. The van der Waals surface area contributed by atoms with Gasteiger partial charge in [-0.1, -0.05) is 12.1 Å². The molecule has 0 aliphatic rings. The average Bonchev–Trinajstić information content (AvgIpc) is 2.70. The van der Waals surface area contributed by atoms with Gasteiger partial charge in [-0.3, -0.25) is 4.79 Å². The van der Waals surface area contributed by atoms with E-state index in [4.69, 9.17) is 11.5 Å². The number of nitrogens with two attached hydrogens (primary N) is 2. The molecule has 0 aliphatic heterocycles. The lowest BCUT2D eigenvalue weighted by atomic mass is 10.1. The highest BCUT2D eigenvalue weighted by atomic mass is 19.4. The number of primary amides is 1. The molecular weight excluding hydrogens is 273 g/mol. The molecule has 0 saturated heterocycles. The van der Waals surface area contributed by atoms with Gasteiger partial charge >= 0.3 is 6.18 Å². The van der Waals surface area contributed by atoms with Crippen molar-refractivity contribution >= 4 is 11.7 Å². The summed E-state index contributed by atoms with van der Waals surface area (Å²) >= 11 is 0. The number of amides is 1. The van der Waals surface area contributed by atoms with E-state index in [0.29, 0.717) is 11.3 Å². The van der Waals surface area contributed by atoms with Crippen molar-refractivity contribution in [2.45, 2.75) is 12.6 Å². The maximum absolute atomic E-state index is 12.6. The van der Waals surface area contributed by atoms with E-state index in [1.165, 1.54) is 12.1 Å². The highest BCUT2D eigenvalue weighted by Crippen LogP contribution is 2.30. The molecule has 0 radical (unpaired) electrons. The number of aromatic nitrogens is 2. The summed E-state index contributed by atoms with van der Waals surface area (Å²) in [5.74, 6) is -0.680. The minimum absolute atomic E-state index is 0.0128. The third-order valence-corrected chi connectivity index (χ3v) is 2.56. The second-order valence-electron chi connectivity index (χ2n) is 4.18. The molecule has 20 heavy (non-hydrogen) atoms. The molecule has 0 bridgehead atoms. The van der Waals surface area contributed by atoms with Gasteiger partial charge in [0.1, 0.15) is 5.82 Å². The first-order valence-electron chi connectivity index (χ1n) is 5.58. The summed E-state index contributed by atoms with van der Waals surface area (Å²) in [5, 5.41) is 3.42. The minimum Gasteiger partial charge on any atom is -0.384 e. The Bertz CT molecular complexity index is 648. The van der Waals surface area contributed by atoms with Gasteiger partial charge in [-0.05, 0) is 17.7 Å². The lowest BCUT2D eigenvalue weighted by Crippen LogP contribution is -2.14. The molecule has 0 saturated carbocycles. The SMILES string of the molecule is NC(=O)Cc1cccc(-n2nc(C(F)(F)F)cc2N)c1. The number of nitrogens with zero attached hydrogens (tertiary/aromatic N) is 2. The summed E-state index contributed by atoms with van der Waals surface area (Å²) in [4.78, 5) is 10.8. The predicted molar refractivity (Wildman–Crippen MR) is 65.9 cm³/mol. The third kappa shape index (κ3) is 2.90. The van der Waals surface area contributed by atoms with Crippen LogP contribution in [0.1, 0.15) is 11.3 Å². The second-order valence-corrected chi connectivity index (χ2v) is 4.18. The van der Waals surface area contributed by atoms with Crippen LogP contribution in [0.15, 0.2) is 30.3 Å². The van der Waals surface area contributed by atoms with Crippen molar-refractivity contribution in [2.24, 2.45) is 5.73 Å². The summed E-state index contributed by atoms with van der Waals surface area (Å²) in [5.41, 5.74) is 10.4. The number of nitrogen functional groups attached to an aromatic ring is 1. The van der Waals surface area contributed by atoms with Crippen LogP contribution in [0.4, 0.5) is 19.0 Å². The fourth-order valence-electron chi connectivity index (χ4n) is 1.74. The zero-order valence-corrected chi connectivity index (χ0v) is 10.2. The number of halogens is 3. The molecule has 1 amide bonds. The van der Waals surface area contributed by atoms with Crippen molar-refractivity contribution in [3.63, 3.8) is 0 Å². The summed E-state index contributed by atoms with van der Waals surface area (Å²) in [6.07, 6.45) is -4.58. The van der Waals surface area contributed by atoms with E-state index in [1.54, 1.807) is 12.1 Å². The number of hydrogen-bond donors (Lipinski definition) is 2. The van der Waals surface area contributed by atoms with Crippen LogP contribution in [-0.4, -0.2) is 15.7 Å². The highest BCUT2D eigenvalue weighted by Gasteiger charge is 2.34. The number of alkyl halides is 3. The van der Waals surface area contributed by atoms with Crippen LogP contribution in [0.3, 0.4) is 0 Å². The molecule has 5 nitrogen and oxygen atoms in total. The molecule has 2 aromatic rings. The van der Waals surface area contributed by atoms with Gasteiger partial charge in [0.05, 0.1) is 12.1 Å². The zero-order valence-electron chi connectivity index (χ0n) is 10.2. The van der Waals surface area contributed by atoms with Crippen molar-refractivity contribution in [3.05, 3.63) is 41.6 Å². The molecular formula is C12H11F3N4O. The Morgan fingerprint density at radius 1 is 1.30 bits per heavy atom. The van der Waals surface area contributed by atoms with Gasteiger partial charge in [0.25, 0.3) is 0 Å². The number of carbonyl (C=O) groups is 1. The van der Waals surface area contributed by atoms with E-state index >= 15 is 0 Å². The second kappa shape index (κ2) is 4.87. The van der Waals surface area contributed by atoms with Gasteiger partial charge in [0.2, 0.25) is 5.91 Å². The topological polar surface area (TPSA) is 86.9 Å². The number of anilines is 1. The molecule has 106 valence electrons. The summed E-state index contributed by atoms with van der Waals surface area (Å²) in [7, 11) is 0. The smallest absolute Gasteiger partial charge is 0.384 e. The van der Waals surface area contributed by atoms with Crippen molar-refractivity contribution in [2.75, 3.05) is 5.73 Å². The van der Waals surface area contributed by atoms with Crippen LogP contribution < -0.4 is 11.5 Å². The Morgan fingerprint density at radius 3 is 2.55 bits per heavy atom. The molecule has 1 aromatic heterocycles. The summed E-state index contributed by atoms with van der Waals surface area (Å²) in [6, 6.07) is 7.02. The van der Waals surface area contributed by atoms with Crippen molar-refractivity contribution in [1.82, 2.24) is 9.78 Å². The molecule has 0 fully saturated rings. The van der Waals surface area contributed by atoms with Gasteiger partial charge in [0, 0.05) is 6.07 Å². The van der Waals surface area contributed by atoms with Gasteiger partial charge in [0.15, 0.2) is 5.69 Å². The van der Waals surface area contributed by atoms with Crippen LogP contribution >= 0.6 is 0 Å². The fourth-order valence-corrected chi connectivity index (χ4v) is 1.74. The van der Waals surface area contributed by atoms with E-state index in [2.05, 4.69) is 5.10 Å². The van der Waals surface area contributed by atoms with Gasteiger partial charge in [-0.15, -0.1) is 0 Å². The van der Waals surface area contributed by atoms with Crippen LogP contribution in [0.2, 0.25) is 0 Å². The van der Waals surface area contributed by atoms with E-state index in [0.717, 1.165) is 10.7 Å². The van der Waals surface area contributed by atoms with Crippen molar-refractivity contribution in [3.8, 4) is 5.69 Å². The van der Waals surface area contributed by atoms with E-state index in [1.807, 2.05) is 0 Å². The first kappa shape index (κ1) is 13.9. The average molecular weight is 284 g/mol. The van der Waals surface area contributed by atoms with E-state index < -0.39 is 17.8 Å². The summed E-state index contributed by atoms with van der Waals surface area (Å²) in [6.45, 7) is 0. The number of rotatable bonds is 3. The van der Waals surface area contributed by atoms with E-state index in [-0.39, 0.29) is 12.2 Å². The van der Waals surface area contributed by atoms with Crippen LogP contribution in [0.25, 0.3) is 5.69 Å². The summed E-state index contributed by atoms with van der Waals surface area (Å²) < 4.78 is 38.6. The van der Waals surface area contributed by atoms with Crippen molar-refractivity contribution in [1.29, 1.82) is 0 Å². The van der Waals surface area contributed by atoms with Gasteiger partial charge < -0.3 is 11.5 Å². The molecule has 1 heterocycles. The quantitative estimate of drug-likeness (QED) is 0.895.